The van der Waals surface area contributed by atoms with Gasteiger partial charge in [-0.15, -0.1) is 0 Å². The minimum Gasteiger partial charge on any atom is -0.469 e. The number of cyclic esters (lactones) is 1. The predicted octanol–water partition coefficient (Wildman–Crippen LogP) is 2.08. The standard InChI is InChI=1S/C17H24O5/c1-15-5-4-6-16(2,14(19)20-3)10(15)7-12-17(22-12)9-21-13(18)8-11(15)17/h10-12H,4-9H2,1-3H3/t10-,11-,12-,15+,16-,17+/m1/s1. The molecule has 0 aromatic rings. The Morgan fingerprint density at radius 2 is 2.05 bits per heavy atom. The Morgan fingerprint density at radius 3 is 2.77 bits per heavy atom. The molecule has 0 radical (unpaired) electrons. The summed E-state index contributed by atoms with van der Waals surface area (Å²) in [5.74, 6) is 0.124. The minimum absolute atomic E-state index is 0.0619. The summed E-state index contributed by atoms with van der Waals surface area (Å²) in [5.41, 5.74) is -0.803. The van der Waals surface area contributed by atoms with E-state index in [-0.39, 0.29) is 40.9 Å². The molecule has 122 valence electrons. The molecule has 2 aliphatic heterocycles. The van der Waals surface area contributed by atoms with Crippen LogP contribution in [0.25, 0.3) is 0 Å². The van der Waals surface area contributed by atoms with Crippen molar-refractivity contribution in [1.82, 2.24) is 0 Å². The molecule has 0 bridgehead atoms. The lowest BCUT2D eigenvalue weighted by molar-refractivity contribution is -0.181. The van der Waals surface area contributed by atoms with Crippen LogP contribution in [0.5, 0.6) is 0 Å². The zero-order valence-electron chi connectivity index (χ0n) is 13.5. The van der Waals surface area contributed by atoms with Crippen molar-refractivity contribution in [2.45, 2.75) is 57.7 Å². The molecule has 2 aliphatic carbocycles. The van der Waals surface area contributed by atoms with Crippen molar-refractivity contribution in [2.24, 2.45) is 22.7 Å². The number of hydrogen-bond donors (Lipinski definition) is 0. The van der Waals surface area contributed by atoms with E-state index in [9.17, 15) is 9.59 Å². The molecule has 4 aliphatic rings. The van der Waals surface area contributed by atoms with Gasteiger partial charge < -0.3 is 14.2 Å². The van der Waals surface area contributed by atoms with Crippen LogP contribution in [-0.4, -0.2) is 37.4 Å². The lowest BCUT2D eigenvalue weighted by Gasteiger charge is -2.57. The van der Waals surface area contributed by atoms with E-state index in [2.05, 4.69) is 6.92 Å². The first kappa shape index (κ1) is 14.5. The second-order valence-corrected chi connectivity index (χ2v) is 8.04. The zero-order valence-corrected chi connectivity index (χ0v) is 13.5. The SMILES string of the molecule is COC(=O)[C@]1(C)CCC[C@]2(C)[C@H]3CC(=O)OC[C@]34O[C@@H]4C[C@H]21. The molecule has 2 saturated carbocycles. The summed E-state index contributed by atoms with van der Waals surface area (Å²) < 4.78 is 16.5. The third kappa shape index (κ3) is 1.58. The Hall–Kier alpha value is -1.10. The summed E-state index contributed by atoms with van der Waals surface area (Å²) in [6.07, 6.45) is 4.31. The lowest BCUT2D eigenvalue weighted by atomic mass is 9.45. The van der Waals surface area contributed by atoms with E-state index in [1.165, 1.54) is 7.11 Å². The first-order chi connectivity index (χ1) is 10.4. The average molecular weight is 308 g/mol. The molecule has 2 saturated heterocycles. The van der Waals surface area contributed by atoms with Gasteiger partial charge >= 0.3 is 11.9 Å². The molecular formula is C17H24O5. The van der Waals surface area contributed by atoms with Gasteiger partial charge in [-0.3, -0.25) is 9.59 Å². The molecule has 4 fully saturated rings. The third-order valence-corrected chi connectivity index (χ3v) is 7.14. The molecule has 22 heavy (non-hydrogen) atoms. The zero-order chi connectivity index (χ0) is 15.8. The van der Waals surface area contributed by atoms with Gasteiger partial charge in [-0.2, -0.15) is 0 Å². The highest BCUT2D eigenvalue weighted by Crippen LogP contribution is 2.69. The Labute approximate surface area is 130 Å². The van der Waals surface area contributed by atoms with Gasteiger partial charge in [0.25, 0.3) is 0 Å². The fraction of sp³-hybridized carbons (Fsp3) is 0.882. The fourth-order valence-electron chi connectivity index (χ4n) is 5.95. The van der Waals surface area contributed by atoms with Crippen LogP contribution in [0, 0.1) is 22.7 Å². The van der Waals surface area contributed by atoms with E-state index < -0.39 is 5.41 Å². The smallest absolute Gasteiger partial charge is 0.311 e. The van der Waals surface area contributed by atoms with E-state index in [1.54, 1.807) is 0 Å². The molecule has 0 N–H and O–H groups in total. The summed E-state index contributed by atoms with van der Waals surface area (Å²) in [4.78, 5) is 24.4. The maximum atomic E-state index is 12.5. The number of rotatable bonds is 1. The molecule has 1 spiro atoms. The van der Waals surface area contributed by atoms with Gasteiger partial charge in [0.05, 0.1) is 25.0 Å². The maximum Gasteiger partial charge on any atom is 0.311 e. The van der Waals surface area contributed by atoms with Crippen LogP contribution in [0.4, 0.5) is 0 Å². The molecule has 6 atom stereocenters. The van der Waals surface area contributed by atoms with Crippen LogP contribution in [0.2, 0.25) is 0 Å². The first-order valence-corrected chi connectivity index (χ1v) is 8.29. The first-order valence-electron chi connectivity index (χ1n) is 8.29. The summed E-state index contributed by atoms with van der Waals surface area (Å²) in [6, 6.07) is 0. The summed E-state index contributed by atoms with van der Waals surface area (Å²) in [7, 11) is 1.47. The van der Waals surface area contributed by atoms with E-state index in [0.717, 1.165) is 25.7 Å². The Balaban J connectivity index is 1.75. The van der Waals surface area contributed by atoms with E-state index in [4.69, 9.17) is 14.2 Å². The molecule has 0 aromatic carbocycles. The number of epoxide rings is 1. The highest BCUT2D eigenvalue weighted by atomic mass is 16.6. The average Bonchev–Trinajstić information content (AvgIpc) is 3.19. The van der Waals surface area contributed by atoms with Crippen molar-refractivity contribution in [1.29, 1.82) is 0 Å². The highest BCUT2D eigenvalue weighted by molar-refractivity contribution is 5.77. The molecule has 5 nitrogen and oxygen atoms in total. The van der Waals surface area contributed by atoms with Gasteiger partial charge in [0.15, 0.2) is 0 Å². The van der Waals surface area contributed by atoms with Crippen LogP contribution in [0.3, 0.4) is 0 Å². The predicted molar refractivity (Wildman–Crippen MR) is 76.9 cm³/mol. The largest absolute Gasteiger partial charge is 0.469 e. The summed E-state index contributed by atoms with van der Waals surface area (Å²) in [5, 5.41) is 0. The molecular weight excluding hydrogens is 284 g/mol. The fourth-order valence-corrected chi connectivity index (χ4v) is 5.95. The molecule has 0 amide bonds. The number of carbonyl (C=O) groups is 2. The molecule has 0 unspecified atom stereocenters. The van der Waals surface area contributed by atoms with Gasteiger partial charge in [-0.25, -0.2) is 0 Å². The molecule has 5 heteroatoms. The lowest BCUT2D eigenvalue weighted by Crippen LogP contribution is -2.60. The van der Waals surface area contributed by atoms with Crippen LogP contribution in [0.15, 0.2) is 0 Å². The van der Waals surface area contributed by atoms with E-state index in [1.807, 2.05) is 6.92 Å². The number of hydrogen-bond acceptors (Lipinski definition) is 5. The Morgan fingerprint density at radius 1 is 1.27 bits per heavy atom. The Kier molecular flexibility index (Phi) is 2.80. The van der Waals surface area contributed by atoms with Crippen LogP contribution < -0.4 is 0 Å². The minimum atomic E-state index is -0.471. The van der Waals surface area contributed by atoms with Gasteiger partial charge in [0.1, 0.15) is 12.2 Å². The van der Waals surface area contributed by atoms with E-state index >= 15 is 0 Å². The van der Waals surface area contributed by atoms with Crippen molar-refractivity contribution in [3.63, 3.8) is 0 Å². The third-order valence-electron chi connectivity index (χ3n) is 7.14. The number of ether oxygens (including phenoxy) is 3. The van der Waals surface area contributed by atoms with Crippen molar-refractivity contribution in [2.75, 3.05) is 13.7 Å². The van der Waals surface area contributed by atoms with Gasteiger partial charge in [-0.05, 0) is 37.5 Å². The van der Waals surface area contributed by atoms with Gasteiger partial charge in [0, 0.05) is 5.92 Å². The van der Waals surface area contributed by atoms with Crippen LogP contribution in [0.1, 0.15) is 46.0 Å². The molecule has 4 rings (SSSR count). The number of fused-ring (bicyclic) bond motifs is 2. The van der Waals surface area contributed by atoms with Crippen molar-refractivity contribution < 1.29 is 23.8 Å². The normalized spacial score (nSPS) is 52.7. The van der Waals surface area contributed by atoms with Gasteiger partial charge in [-0.1, -0.05) is 13.3 Å². The monoisotopic (exact) mass is 308 g/mol. The highest BCUT2D eigenvalue weighted by Gasteiger charge is 2.75. The topological polar surface area (TPSA) is 65.1 Å². The van der Waals surface area contributed by atoms with Gasteiger partial charge in [0.2, 0.25) is 0 Å². The summed E-state index contributed by atoms with van der Waals surface area (Å²) >= 11 is 0. The van der Waals surface area contributed by atoms with Crippen molar-refractivity contribution >= 4 is 11.9 Å². The van der Waals surface area contributed by atoms with Crippen LogP contribution >= 0.6 is 0 Å². The second kappa shape index (κ2) is 4.25. The Bertz CT molecular complexity index is 545. The maximum absolute atomic E-state index is 12.5. The number of carbonyl (C=O) groups excluding carboxylic acids is 2. The summed E-state index contributed by atoms with van der Waals surface area (Å²) in [6.45, 7) is 4.68. The quantitative estimate of drug-likeness (QED) is 0.548. The van der Waals surface area contributed by atoms with Crippen molar-refractivity contribution in [3.8, 4) is 0 Å². The molecule has 2 heterocycles. The number of esters is 2. The van der Waals surface area contributed by atoms with Crippen LogP contribution in [-0.2, 0) is 23.8 Å². The second-order valence-electron chi connectivity index (χ2n) is 8.04. The van der Waals surface area contributed by atoms with E-state index in [0.29, 0.717) is 13.0 Å². The molecule has 0 aromatic heterocycles. The van der Waals surface area contributed by atoms with Crippen molar-refractivity contribution in [3.05, 3.63) is 0 Å². The number of methoxy groups -OCH3 is 1.